The van der Waals surface area contributed by atoms with Gasteiger partial charge in [0, 0.05) is 5.56 Å². The molecular weight excluding hydrogens is 372 g/mol. The van der Waals surface area contributed by atoms with Gasteiger partial charge >= 0.3 is 0 Å². The van der Waals surface area contributed by atoms with Crippen molar-refractivity contribution < 1.29 is 0 Å². The second-order valence-corrected chi connectivity index (χ2v) is 7.04. The predicted molar refractivity (Wildman–Crippen MR) is 111 cm³/mol. The third-order valence-corrected chi connectivity index (χ3v) is 5.16. The Morgan fingerprint density at radius 1 is 0.857 bits per heavy atom. The fourth-order valence-electron chi connectivity index (χ4n) is 3.45. The van der Waals surface area contributed by atoms with Gasteiger partial charge in [0.25, 0.3) is 5.56 Å². The number of benzene rings is 3. The van der Waals surface area contributed by atoms with Crippen LogP contribution in [0.25, 0.3) is 33.8 Å². The van der Waals surface area contributed by atoms with Crippen molar-refractivity contribution in [3.05, 3.63) is 93.7 Å². The second-order valence-electron chi connectivity index (χ2n) is 6.63. The minimum absolute atomic E-state index is 0.134. The van der Waals surface area contributed by atoms with Gasteiger partial charge in [-0.25, -0.2) is 4.57 Å². The maximum Gasteiger partial charge on any atom is 0.267 e. The van der Waals surface area contributed by atoms with Crippen LogP contribution in [-0.2, 0) is 0 Å². The van der Waals surface area contributed by atoms with Gasteiger partial charge in [-0.15, -0.1) is 10.2 Å². The first-order valence-electron chi connectivity index (χ1n) is 8.86. The lowest BCUT2D eigenvalue weighted by Gasteiger charge is -2.12. The smallest absolute Gasteiger partial charge is 0.267 e. The van der Waals surface area contributed by atoms with E-state index in [9.17, 15) is 4.79 Å². The van der Waals surface area contributed by atoms with Crippen molar-refractivity contribution >= 4 is 28.3 Å². The van der Waals surface area contributed by atoms with Gasteiger partial charge in [0.1, 0.15) is 0 Å². The Morgan fingerprint density at radius 3 is 2.36 bits per heavy atom. The fourth-order valence-corrected chi connectivity index (χ4v) is 3.67. The molecule has 0 N–H and O–H groups in total. The van der Waals surface area contributed by atoms with Gasteiger partial charge in [-0.2, -0.15) is 0 Å². The zero-order valence-electron chi connectivity index (χ0n) is 15.0. The monoisotopic (exact) mass is 386 g/mol. The van der Waals surface area contributed by atoms with E-state index in [1.165, 1.54) is 0 Å². The van der Waals surface area contributed by atoms with Gasteiger partial charge < -0.3 is 0 Å². The van der Waals surface area contributed by atoms with Crippen molar-refractivity contribution in [3.63, 3.8) is 0 Å². The third kappa shape index (κ3) is 2.44. The summed E-state index contributed by atoms with van der Waals surface area (Å²) in [6, 6.07) is 22.7. The molecule has 0 atom stereocenters. The lowest BCUT2D eigenvalue weighted by Crippen LogP contribution is -2.21. The van der Waals surface area contributed by atoms with Crippen molar-refractivity contribution in [1.82, 2.24) is 19.2 Å². The summed E-state index contributed by atoms with van der Waals surface area (Å²) in [6.45, 7) is 2.01. The second kappa shape index (κ2) is 6.32. The van der Waals surface area contributed by atoms with Gasteiger partial charge in [0.15, 0.2) is 5.82 Å². The first kappa shape index (κ1) is 16.7. The Balaban J connectivity index is 1.97. The molecule has 0 saturated heterocycles. The Hall–Kier alpha value is -3.44. The summed E-state index contributed by atoms with van der Waals surface area (Å²) in [6.07, 6.45) is 0. The van der Waals surface area contributed by atoms with Gasteiger partial charge in [-0.05, 0) is 43.3 Å². The molecule has 0 aliphatic heterocycles. The van der Waals surface area contributed by atoms with E-state index in [0.717, 1.165) is 22.3 Å². The topological polar surface area (TPSA) is 52.2 Å². The van der Waals surface area contributed by atoms with E-state index < -0.39 is 0 Å². The van der Waals surface area contributed by atoms with Crippen LogP contribution in [0.2, 0.25) is 5.02 Å². The van der Waals surface area contributed by atoms with E-state index in [0.29, 0.717) is 22.0 Å². The molecule has 5 nitrogen and oxygen atoms in total. The maximum absolute atomic E-state index is 13.3. The fraction of sp³-hybridized carbons (Fsp3) is 0.0455. The Bertz CT molecular complexity index is 1400. The molecule has 0 unspecified atom stereocenters. The molecule has 0 radical (unpaired) electrons. The zero-order chi connectivity index (χ0) is 19.3. The number of hydrogen-bond donors (Lipinski definition) is 0. The van der Waals surface area contributed by atoms with E-state index in [4.69, 9.17) is 11.6 Å². The van der Waals surface area contributed by atoms with Crippen LogP contribution in [0.1, 0.15) is 5.56 Å². The molecule has 5 aromatic rings. The van der Waals surface area contributed by atoms with Crippen LogP contribution in [0.15, 0.2) is 77.6 Å². The summed E-state index contributed by atoms with van der Waals surface area (Å²) < 4.78 is 3.48. The van der Waals surface area contributed by atoms with E-state index in [1.54, 1.807) is 4.57 Å². The Labute approximate surface area is 165 Å². The molecule has 2 heterocycles. The van der Waals surface area contributed by atoms with Crippen molar-refractivity contribution in [2.24, 2.45) is 0 Å². The van der Waals surface area contributed by atoms with Crippen LogP contribution in [0.3, 0.4) is 0 Å². The number of para-hydroxylation sites is 1. The highest BCUT2D eigenvalue weighted by Crippen LogP contribution is 2.28. The van der Waals surface area contributed by atoms with Crippen LogP contribution in [0, 0.1) is 6.92 Å². The summed E-state index contributed by atoms with van der Waals surface area (Å²) in [5.74, 6) is 1.04. The Kier molecular flexibility index (Phi) is 3.77. The van der Waals surface area contributed by atoms with Crippen LogP contribution in [0.5, 0.6) is 0 Å². The molecule has 0 amide bonds. The highest BCUT2D eigenvalue weighted by atomic mass is 35.5. The molecule has 2 aromatic heterocycles. The number of aryl methyl sites for hydroxylation is 1. The summed E-state index contributed by atoms with van der Waals surface area (Å²) in [5, 5.41) is 9.92. The van der Waals surface area contributed by atoms with Gasteiger partial charge in [0.05, 0.1) is 21.6 Å². The minimum atomic E-state index is -0.134. The van der Waals surface area contributed by atoms with Crippen molar-refractivity contribution in [1.29, 1.82) is 0 Å². The van der Waals surface area contributed by atoms with Gasteiger partial charge in [0.2, 0.25) is 5.78 Å². The number of halogens is 1. The molecule has 0 spiro atoms. The van der Waals surface area contributed by atoms with Gasteiger partial charge in [-0.3, -0.25) is 9.20 Å². The van der Waals surface area contributed by atoms with Crippen LogP contribution in [0.4, 0.5) is 0 Å². The van der Waals surface area contributed by atoms with Crippen molar-refractivity contribution in [2.45, 2.75) is 6.92 Å². The molecule has 0 bridgehead atoms. The molecule has 0 aliphatic rings. The molecule has 136 valence electrons. The molecular formula is C22H15ClN4O. The first-order valence-corrected chi connectivity index (χ1v) is 9.24. The summed E-state index contributed by atoms with van der Waals surface area (Å²) in [4.78, 5) is 13.3. The minimum Gasteiger partial charge on any atom is -0.268 e. The average molecular weight is 387 g/mol. The molecule has 3 aromatic carbocycles. The largest absolute Gasteiger partial charge is 0.268 e. The summed E-state index contributed by atoms with van der Waals surface area (Å²) in [7, 11) is 0. The Morgan fingerprint density at radius 2 is 1.57 bits per heavy atom. The molecule has 5 rings (SSSR count). The van der Waals surface area contributed by atoms with Crippen LogP contribution >= 0.6 is 11.6 Å². The van der Waals surface area contributed by atoms with Crippen LogP contribution < -0.4 is 5.56 Å². The van der Waals surface area contributed by atoms with E-state index >= 15 is 0 Å². The van der Waals surface area contributed by atoms with Crippen molar-refractivity contribution in [3.8, 4) is 17.1 Å². The molecule has 0 fully saturated rings. The lowest BCUT2D eigenvalue weighted by molar-refractivity contribution is 0.966. The third-order valence-electron chi connectivity index (χ3n) is 4.83. The van der Waals surface area contributed by atoms with Crippen molar-refractivity contribution in [2.75, 3.05) is 0 Å². The predicted octanol–water partition coefficient (Wildman–Crippen LogP) is 4.66. The molecule has 6 heteroatoms. The maximum atomic E-state index is 13.3. The highest BCUT2D eigenvalue weighted by Gasteiger charge is 2.19. The average Bonchev–Trinajstić information content (AvgIpc) is 3.14. The van der Waals surface area contributed by atoms with Crippen LogP contribution in [-0.4, -0.2) is 19.2 Å². The number of aromatic nitrogens is 4. The summed E-state index contributed by atoms with van der Waals surface area (Å²) in [5.41, 5.74) is 3.23. The molecule has 28 heavy (non-hydrogen) atoms. The number of fused-ring (bicyclic) bond motifs is 3. The normalized spacial score (nSPS) is 11.4. The number of rotatable bonds is 2. The quantitative estimate of drug-likeness (QED) is 0.443. The molecule has 0 saturated carbocycles. The van der Waals surface area contributed by atoms with E-state index in [1.807, 2.05) is 84.1 Å². The standard InChI is InChI=1S/C22H15ClN4O/c1-14-10-12-15(13-11-14)26-21(28)17-7-3-5-9-19(17)27-20(24-25-22(26)27)16-6-2-4-8-18(16)23/h2-13H,1H3. The SMILES string of the molecule is Cc1ccc(-n2c(=O)c3ccccc3n3c(-c4ccccc4Cl)nnc23)cc1. The number of hydrogen-bond acceptors (Lipinski definition) is 3. The first-order chi connectivity index (χ1) is 13.6. The highest BCUT2D eigenvalue weighted by molar-refractivity contribution is 6.33. The van der Waals surface area contributed by atoms with E-state index in [-0.39, 0.29) is 5.56 Å². The summed E-state index contributed by atoms with van der Waals surface area (Å²) >= 11 is 6.42. The van der Waals surface area contributed by atoms with Gasteiger partial charge in [-0.1, -0.05) is 53.6 Å². The number of nitrogens with zero attached hydrogens (tertiary/aromatic N) is 4. The molecule has 0 aliphatic carbocycles. The van der Waals surface area contributed by atoms with E-state index in [2.05, 4.69) is 10.2 Å². The zero-order valence-corrected chi connectivity index (χ0v) is 15.8. The lowest BCUT2D eigenvalue weighted by atomic mass is 10.2.